The molecular formula is C24H34O5. The molecule has 0 unspecified atom stereocenters. The van der Waals surface area contributed by atoms with E-state index in [2.05, 4.69) is 6.92 Å². The lowest BCUT2D eigenvalue weighted by Crippen LogP contribution is -2.39. The van der Waals surface area contributed by atoms with Crippen LogP contribution in [0.15, 0.2) is 54.6 Å². The normalized spacial score (nSPS) is 15.5. The van der Waals surface area contributed by atoms with Crippen molar-refractivity contribution in [3.05, 3.63) is 65.7 Å². The third-order valence-corrected chi connectivity index (χ3v) is 5.28. The van der Waals surface area contributed by atoms with E-state index < -0.39 is 0 Å². The average molecular weight is 403 g/mol. The number of aliphatic hydroxyl groups is 2. The van der Waals surface area contributed by atoms with Crippen molar-refractivity contribution in [2.45, 2.75) is 45.7 Å². The van der Waals surface area contributed by atoms with Gasteiger partial charge in [0.25, 0.3) is 0 Å². The van der Waals surface area contributed by atoms with Gasteiger partial charge in [-0.05, 0) is 29.7 Å². The standard InChI is InChI=1S/C24H34O5/c1-18(15-26)24(29-17-20-7-5-4-6-8-20)19(2)23(13-14-25)28-16-21-9-11-22(27-3)12-10-21/h4-12,18-19,23-26H,13-17H2,1-3H3/t18-,19+,23+,24-/m0/s1. The van der Waals surface area contributed by atoms with Gasteiger partial charge in [0, 0.05) is 25.0 Å². The zero-order chi connectivity index (χ0) is 21.1. The van der Waals surface area contributed by atoms with Crippen LogP contribution in [0, 0.1) is 11.8 Å². The fourth-order valence-corrected chi connectivity index (χ4v) is 3.47. The van der Waals surface area contributed by atoms with Crippen LogP contribution in [0.5, 0.6) is 5.75 Å². The summed E-state index contributed by atoms with van der Waals surface area (Å²) in [6.45, 7) is 5.04. The van der Waals surface area contributed by atoms with Crippen LogP contribution >= 0.6 is 0 Å². The summed E-state index contributed by atoms with van der Waals surface area (Å²) >= 11 is 0. The molecule has 4 atom stereocenters. The van der Waals surface area contributed by atoms with E-state index in [0.29, 0.717) is 19.6 Å². The topological polar surface area (TPSA) is 68.2 Å². The molecule has 5 heteroatoms. The molecule has 2 aromatic rings. The molecule has 0 radical (unpaired) electrons. The quantitative estimate of drug-likeness (QED) is 0.533. The molecule has 2 aromatic carbocycles. The summed E-state index contributed by atoms with van der Waals surface area (Å²) in [5.74, 6) is 0.769. The van der Waals surface area contributed by atoms with Gasteiger partial charge in [-0.1, -0.05) is 56.3 Å². The van der Waals surface area contributed by atoms with Crippen molar-refractivity contribution < 1.29 is 24.4 Å². The molecular weight excluding hydrogens is 368 g/mol. The van der Waals surface area contributed by atoms with Crippen LogP contribution in [0.1, 0.15) is 31.4 Å². The van der Waals surface area contributed by atoms with Gasteiger partial charge in [-0.15, -0.1) is 0 Å². The van der Waals surface area contributed by atoms with Gasteiger partial charge in [-0.3, -0.25) is 0 Å². The molecule has 0 bridgehead atoms. The van der Waals surface area contributed by atoms with Gasteiger partial charge in [-0.2, -0.15) is 0 Å². The van der Waals surface area contributed by atoms with E-state index in [1.54, 1.807) is 7.11 Å². The minimum absolute atomic E-state index is 0.00580. The highest BCUT2D eigenvalue weighted by Gasteiger charge is 2.31. The van der Waals surface area contributed by atoms with Crippen LogP contribution in [-0.2, 0) is 22.7 Å². The van der Waals surface area contributed by atoms with Gasteiger partial charge >= 0.3 is 0 Å². The number of rotatable bonds is 13. The highest BCUT2D eigenvalue weighted by molar-refractivity contribution is 5.26. The van der Waals surface area contributed by atoms with Gasteiger partial charge < -0.3 is 24.4 Å². The molecule has 29 heavy (non-hydrogen) atoms. The Labute approximate surface area is 174 Å². The smallest absolute Gasteiger partial charge is 0.118 e. The van der Waals surface area contributed by atoms with Gasteiger partial charge in [-0.25, -0.2) is 0 Å². The predicted octanol–water partition coefficient (Wildman–Crippen LogP) is 3.81. The second-order valence-electron chi connectivity index (χ2n) is 7.49. The number of hydrogen-bond donors (Lipinski definition) is 2. The second kappa shape index (κ2) is 12.6. The third-order valence-electron chi connectivity index (χ3n) is 5.28. The summed E-state index contributed by atoms with van der Waals surface area (Å²) in [4.78, 5) is 0. The first-order valence-corrected chi connectivity index (χ1v) is 10.2. The molecule has 160 valence electrons. The molecule has 0 fully saturated rings. The number of hydrogen-bond acceptors (Lipinski definition) is 5. The number of benzene rings is 2. The fourth-order valence-electron chi connectivity index (χ4n) is 3.47. The maximum Gasteiger partial charge on any atom is 0.118 e. The van der Waals surface area contributed by atoms with Crippen LogP contribution in [-0.4, -0.2) is 42.7 Å². The molecule has 0 spiro atoms. The van der Waals surface area contributed by atoms with Gasteiger partial charge in [0.05, 0.1) is 32.5 Å². The van der Waals surface area contributed by atoms with Crippen molar-refractivity contribution in [2.75, 3.05) is 20.3 Å². The van der Waals surface area contributed by atoms with Crippen molar-refractivity contribution in [3.63, 3.8) is 0 Å². The summed E-state index contributed by atoms with van der Waals surface area (Å²) in [5.41, 5.74) is 2.13. The van der Waals surface area contributed by atoms with Crippen molar-refractivity contribution in [1.29, 1.82) is 0 Å². The highest BCUT2D eigenvalue weighted by Crippen LogP contribution is 2.26. The monoisotopic (exact) mass is 402 g/mol. The van der Waals surface area contributed by atoms with E-state index in [-0.39, 0.29) is 37.3 Å². The first kappa shape index (κ1) is 23.4. The number of ether oxygens (including phenoxy) is 3. The molecule has 0 saturated heterocycles. The average Bonchev–Trinajstić information content (AvgIpc) is 2.77. The largest absolute Gasteiger partial charge is 0.497 e. The Kier molecular flexibility index (Phi) is 10.2. The molecule has 0 heterocycles. The van der Waals surface area contributed by atoms with E-state index in [1.165, 1.54) is 0 Å². The maximum absolute atomic E-state index is 9.74. The zero-order valence-corrected chi connectivity index (χ0v) is 17.7. The molecule has 2 rings (SSSR count). The highest BCUT2D eigenvalue weighted by atomic mass is 16.5. The Balaban J connectivity index is 2.03. The van der Waals surface area contributed by atoms with Crippen LogP contribution in [0.25, 0.3) is 0 Å². The minimum Gasteiger partial charge on any atom is -0.497 e. The van der Waals surface area contributed by atoms with Crippen LogP contribution in [0.2, 0.25) is 0 Å². The van der Waals surface area contributed by atoms with Crippen molar-refractivity contribution in [2.24, 2.45) is 11.8 Å². The zero-order valence-electron chi connectivity index (χ0n) is 17.7. The molecule has 0 aliphatic rings. The van der Waals surface area contributed by atoms with Crippen molar-refractivity contribution in [1.82, 2.24) is 0 Å². The predicted molar refractivity (Wildman–Crippen MR) is 114 cm³/mol. The Hall–Kier alpha value is -1.92. The van der Waals surface area contributed by atoms with Gasteiger partial charge in [0.15, 0.2) is 0 Å². The molecule has 0 amide bonds. The summed E-state index contributed by atoms with van der Waals surface area (Å²) in [6, 6.07) is 17.7. The van der Waals surface area contributed by atoms with E-state index in [1.807, 2.05) is 61.5 Å². The van der Waals surface area contributed by atoms with Crippen LogP contribution < -0.4 is 4.74 Å². The summed E-state index contributed by atoms with van der Waals surface area (Å²) in [5, 5.41) is 19.3. The van der Waals surface area contributed by atoms with E-state index >= 15 is 0 Å². The van der Waals surface area contributed by atoms with E-state index in [9.17, 15) is 10.2 Å². The number of aliphatic hydroxyl groups excluding tert-OH is 2. The molecule has 0 saturated carbocycles. The number of methoxy groups -OCH3 is 1. The summed E-state index contributed by atoms with van der Waals surface area (Å²) in [6.07, 6.45) is 0.144. The minimum atomic E-state index is -0.187. The van der Waals surface area contributed by atoms with Crippen molar-refractivity contribution >= 4 is 0 Å². The van der Waals surface area contributed by atoms with E-state index in [4.69, 9.17) is 14.2 Å². The second-order valence-corrected chi connectivity index (χ2v) is 7.49. The molecule has 0 aromatic heterocycles. The SMILES string of the molecule is COc1ccc(CO[C@H](CCO)[C@@H](C)[C@@H](OCc2ccccc2)[C@@H](C)CO)cc1. The lowest BCUT2D eigenvalue weighted by molar-refractivity contribution is -0.101. The first-order valence-electron chi connectivity index (χ1n) is 10.2. The summed E-state index contributed by atoms with van der Waals surface area (Å²) < 4.78 is 17.6. The molecule has 0 aliphatic heterocycles. The lowest BCUT2D eigenvalue weighted by atomic mass is 9.88. The van der Waals surface area contributed by atoms with Crippen LogP contribution in [0.3, 0.4) is 0 Å². The Bertz CT molecular complexity index is 673. The van der Waals surface area contributed by atoms with Crippen molar-refractivity contribution in [3.8, 4) is 5.75 Å². The lowest BCUT2D eigenvalue weighted by Gasteiger charge is -2.34. The molecule has 0 aliphatic carbocycles. The fraction of sp³-hybridized carbons (Fsp3) is 0.500. The molecule has 5 nitrogen and oxygen atoms in total. The maximum atomic E-state index is 9.74. The Morgan fingerprint density at radius 3 is 2.03 bits per heavy atom. The van der Waals surface area contributed by atoms with Gasteiger partial charge in [0.2, 0.25) is 0 Å². The Morgan fingerprint density at radius 2 is 1.45 bits per heavy atom. The molecule has 2 N–H and O–H groups in total. The third kappa shape index (κ3) is 7.44. The van der Waals surface area contributed by atoms with E-state index in [0.717, 1.165) is 16.9 Å². The van der Waals surface area contributed by atoms with Crippen LogP contribution in [0.4, 0.5) is 0 Å². The Morgan fingerprint density at radius 1 is 0.828 bits per heavy atom. The first-order chi connectivity index (χ1) is 14.1. The van der Waals surface area contributed by atoms with Gasteiger partial charge in [0.1, 0.15) is 5.75 Å². The summed E-state index contributed by atoms with van der Waals surface area (Å²) in [7, 11) is 1.64.